The average molecular weight is 247 g/mol. The number of nitrogens with one attached hydrogen (secondary N) is 1. The SMILES string of the molecule is O=[N+]([O-])c1ccc2oc(NCCC3CC3)nc2c1. The van der Waals surface area contributed by atoms with Crippen LogP contribution in [-0.4, -0.2) is 16.5 Å². The van der Waals surface area contributed by atoms with E-state index < -0.39 is 4.92 Å². The largest absolute Gasteiger partial charge is 0.424 e. The molecule has 0 aliphatic heterocycles. The van der Waals surface area contributed by atoms with Gasteiger partial charge in [0.2, 0.25) is 0 Å². The lowest BCUT2D eigenvalue weighted by atomic mass is 10.3. The summed E-state index contributed by atoms with van der Waals surface area (Å²) in [4.78, 5) is 14.4. The Morgan fingerprint density at radius 3 is 3.06 bits per heavy atom. The van der Waals surface area contributed by atoms with Crippen LogP contribution in [0.2, 0.25) is 0 Å². The minimum atomic E-state index is -0.436. The van der Waals surface area contributed by atoms with E-state index in [1.54, 1.807) is 6.07 Å². The number of non-ortho nitro benzene ring substituents is 1. The summed E-state index contributed by atoms with van der Waals surface area (Å²) in [6, 6.07) is 4.85. The number of aromatic nitrogens is 1. The first-order valence-corrected chi connectivity index (χ1v) is 6.01. The fourth-order valence-electron chi connectivity index (χ4n) is 1.89. The lowest BCUT2D eigenvalue weighted by Crippen LogP contribution is -2.01. The summed E-state index contributed by atoms with van der Waals surface area (Å²) in [6.45, 7) is 0.833. The van der Waals surface area contributed by atoms with Gasteiger partial charge in [-0.05, 0) is 18.4 Å². The summed E-state index contributed by atoms with van der Waals surface area (Å²) in [5, 5.41) is 13.7. The monoisotopic (exact) mass is 247 g/mol. The average Bonchev–Trinajstić information content (AvgIpc) is 3.07. The molecule has 1 fully saturated rings. The third-order valence-electron chi connectivity index (χ3n) is 3.11. The Morgan fingerprint density at radius 2 is 2.33 bits per heavy atom. The van der Waals surface area contributed by atoms with Crippen LogP contribution in [-0.2, 0) is 0 Å². The van der Waals surface area contributed by atoms with Crippen molar-refractivity contribution in [2.24, 2.45) is 5.92 Å². The van der Waals surface area contributed by atoms with Crippen molar-refractivity contribution < 1.29 is 9.34 Å². The van der Waals surface area contributed by atoms with Crippen LogP contribution in [0.25, 0.3) is 11.1 Å². The first kappa shape index (κ1) is 11.0. The maximum atomic E-state index is 10.6. The summed E-state index contributed by atoms with van der Waals surface area (Å²) >= 11 is 0. The molecule has 1 aromatic carbocycles. The number of rotatable bonds is 5. The first-order chi connectivity index (χ1) is 8.72. The van der Waals surface area contributed by atoms with Gasteiger partial charge >= 0.3 is 0 Å². The minimum Gasteiger partial charge on any atom is -0.424 e. The number of benzene rings is 1. The standard InChI is InChI=1S/C12H13N3O3/c16-15(17)9-3-4-11-10(7-9)14-12(18-11)13-6-5-8-1-2-8/h3-4,7-8H,1-2,5-6H2,(H,13,14). The van der Waals surface area contributed by atoms with Crippen LogP contribution in [0.4, 0.5) is 11.7 Å². The van der Waals surface area contributed by atoms with Crippen LogP contribution in [0.15, 0.2) is 22.6 Å². The third-order valence-corrected chi connectivity index (χ3v) is 3.11. The highest BCUT2D eigenvalue weighted by molar-refractivity contribution is 5.77. The van der Waals surface area contributed by atoms with E-state index in [-0.39, 0.29) is 5.69 Å². The van der Waals surface area contributed by atoms with Crippen molar-refractivity contribution in [3.05, 3.63) is 28.3 Å². The van der Waals surface area contributed by atoms with E-state index in [0.717, 1.165) is 18.9 Å². The van der Waals surface area contributed by atoms with Crippen molar-refractivity contribution in [2.75, 3.05) is 11.9 Å². The van der Waals surface area contributed by atoms with Crippen LogP contribution >= 0.6 is 0 Å². The molecule has 1 aliphatic rings. The van der Waals surface area contributed by atoms with E-state index in [9.17, 15) is 10.1 Å². The molecule has 18 heavy (non-hydrogen) atoms. The summed E-state index contributed by atoms with van der Waals surface area (Å²) in [6.07, 6.45) is 3.77. The zero-order chi connectivity index (χ0) is 12.5. The molecule has 0 amide bonds. The second-order valence-electron chi connectivity index (χ2n) is 4.59. The van der Waals surface area contributed by atoms with E-state index in [4.69, 9.17) is 4.42 Å². The zero-order valence-electron chi connectivity index (χ0n) is 9.76. The van der Waals surface area contributed by atoms with Gasteiger partial charge in [0.25, 0.3) is 11.7 Å². The molecule has 0 unspecified atom stereocenters. The smallest absolute Gasteiger partial charge is 0.295 e. The number of fused-ring (bicyclic) bond motifs is 1. The van der Waals surface area contributed by atoms with Crippen molar-refractivity contribution in [3.8, 4) is 0 Å². The van der Waals surface area contributed by atoms with Crippen molar-refractivity contribution >= 4 is 22.8 Å². The van der Waals surface area contributed by atoms with Gasteiger partial charge in [-0.3, -0.25) is 10.1 Å². The maximum absolute atomic E-state index is 10.6. The molecule has 1 aromatic heterocycles. The maximum Gasteiger partial charge on any atom is 0.295 e. The van der Waals surface area contributed by atoms with Gasteiger partial charge in [-0.15, -0.1) is 0 Å². The summed E-state index contributed by atoms with van der Waals surface area (Å²) < 4.78 is 5.46. The Hall–Kier alpha value is -2.11. The molecule has 1 N–H and O–H groups in total. The summed E-state index contributed by atoms with van der Waals surface area (Å²) in [7, 11) is 0. The normalized spacial score (nSPS) is 14.9. The topological polar surface area (TPSA) is 81.2 Å². The number of nitro benzene ring substituents is 1. The molecule has 0 radical (unpaired) electrons. The van der Waals surface area contributed by atoms with Crippen LogP contribution in [0.3, 0.4) is 0 Å². The Morgan fingerprint density at radius 1 is 1.50 bits per heavy atom. The molecule has 3 rings (SSSR count). The highest BCUT2D eigenvalue weighted by Crippen LogP contribution is 2.32. The van der Waals surface area contributed by atoms with Crippen molar-refractivity contribution in [3.63, 3.8) is 0 Å². The Kier molecular flexibility index (Phi) is 2.62. The molecule has 0 bridgehead atoms. The Labute approximate surface area is 103 Å². The second kappa shape index (κ2) is 4.29. The summed E-state index contributed by atoms with van der Waals surface area (Å²) in [5.41, 5.74) is 1.10. The molecule has 6 nitrogen and oxygen atoms in total. The molecular formula is C12H13N3O3. The number of hydrogen-bond acceptors (Lipinski definition) is 5. The number of nitro groups is 1. The molecule has 0 atom stereocenters. The molecule has 2 aromatic rings. The highest BCUT2D eigenvalue weighted by atomic mass is 16.6. The van der Waals surface area contributed by atoms with E-state index in [1.165, 1.54) is 25.0 Å². The van der Waals surface area contributed by atoms with E-state index >= 15 is 0 Å². The van der Waals surface area contributed by atoms with Gasteiger partial charge in [0.1, 0.15) is 5.52 Å². The number of nitrogens with zero attached hydrogens (tertiary/aromatic N) is 2. The quantitative estimate of drug-likeness (QED) is 0.648. The fraction of sp³-hybridized carbons (Fsp3) is 0.417. The van der Waals surface area contributed by atoms with Crippen LogP contribution in [0, 0.1) is 16.0 Å². The van der Waals surface area contributed by atoms with Crippen molar-refractivity contribution in [1.29, 1.82) is 0 Å². The fourth-order valence-corrected chi connectivity index (χ4v) is 1.89. The van der Waals surface area contributed by atoms with Crippen molar-refractivity contribution in [1.82, 2.24) is 4.98 Å². The molecule has 1 saturated carbocycles. The van der Waals surface area contributed by atoms with Gasteiger partial charge in [0.15, 0.2) is 5.58 Å². The number of anilines is 1. The van der Waals surface area contributed by atoms with Gasteiger partial charge < -0.3 is 9.73 Å². The first-order valence-electron chi connectivity index (χ1n) is 6.01. The molecule has 1 heterocycles. The molecule has 0 saturated heterocycles. The minimum absolute atomic E-state index is 0.0281. The Bertz CT molecular complexity index is 589. The zero-order valence-corrected chi connectivity index (χ0v) is 9.76. The van der Waals surface area contributed by atoms with Gasteiger partial charge in [-0.25, -0.2) is 0 Å². The lowest BCUT2D eigenvalue weighted by molar-refractivity contribution is -0.384. The predicted octanol–water partition coefficient (Wildman–Crippen LogP) is 2.95. The predicted molar refractivity (Wildman–Crippen MR) is 66.5 cm³/mol. The number of oxazole rings is 1. The van der Waals surface area contributed by atoms with Crippen LogP contribution in [0.5, 0.6) is 0 Å². The lowest BCUT2D eigenvalue weighted by Gasteiger charge is -1.98. The van der Waals surface area contributed by atoms with E-state index in [0.29, 0.717) is 17.1 Å². The third kappa shape index (κ3) is 2.27. The van der Waals surface area contributed by atoms with E-state index in [2.05, 4.69) is 10.3 Å². The van der Waals surface area contributed by atoms with Crippen molar-refractivity contribution in [2.45, 2.75) is 19.3 Å². The molecule has 6 heteroatoms. The summed E-state index contributed by atoms with van der Waals surface area (Å²) in [5.74, 6) is 0.850. The van der Waals surface area contributed by atoms with E-state index in [1.807, 2.05) is 0 Å². The van der Waals surface area contributed by atoms with Gasteiger partial charge in [0.05, 0.1) is 4.92 Å². The van der Waals surface area contributed by atoms with Gasteiger partial charge in [0, 0.05) is 18.7 Å². The second-order valence-corrected chi connectivity index (χ2v) is 4.59. The van der Waals surface area contributed by atoms with Crippen LogP contribution < -0.4 is 5.32 Å². The molecule has 0 spiro atoms. The Balaban J connectivity index is 1.74. The molecule has 94 valence electrons. The molecular weight excluding hydrogens is 234 g/mol. The molecule has 1 aliphatic carbocycles. The highest BCUT2D eigenvalue weighted by Gasteiger charge is 2.20. The number of hydrogen-bond donors (Lipinski definition) is 1. The van der Waals surface area contributed by atoms with Gasteiger partial charge in [-0.2, -0.15) is 4.98 Å². The van der Waals surface area contributed by atoms with Gasteiger partial charge in [-0.1, -0.05) is 12.8 Å². The van der Waals surface area contributed by atoms with Crippen LogP contribution in [0.1, 0.15) is 19.3 Å².